The van der Waals surface area contributed by atoms with Gasteiger partial charge in [0.15, 0.2) is 0 Å². The molecule has 0 saturated carbocycles. The maximum atomic E-state index is 13.8. The zero-order valence-corrected chi connectivity index (χ0v) is 12.8. The van der Waals surface area contributed by atoms with Gasteiger partial charge in [0.2, 0.25) is 0 Å². The van der Waals surface area contributed by atoms with Gasteiger partial charge in [-0.1, -0.05) is 30.3 Å². The van der Waals surface area contributed by atoms with Crippen LogP contribution in [-0.2, 0) is 6.54 Å². The number of anilines is 1. The topological polar surface area (TPSA) is 15.7 Å². The minimum absolute atomic E-state index is 0.138. The molecule has 0 bridgehead atoms. The van der Waals surface area contributed by atoms with E-state index in [9.17, 15) is 4.39 Å². The Morgan fingerprint density at radius 2 is 1.64 bits per heavy atom. The Balaban J connectivity index is 1.61. The summed E-state index contributed by atoms with van der Waals surface area (Å²) in [4.78, 5) is 4.50. The van der Waals surface area contributed by atoms with Crippen molar-refractivity contribution >= 4 is 5.69 Å². The zero-order valence-electron chi connectivity index (χ0n) is 12.8. The quantitative estimate of drug-likeness (QED) is 0.862. The number of para-hydroxylation sites is 2. The first-order valence-electron chi connectivity index (χ1n) is 7.61. The predicted molar refractivity (Wildman–Crippen MR) is 86.9 cm³/mol. The van der Waals surface area contributed by atoms with Crippen LogP contribution in [0, 0.1) is 5.82 Å². The highest BCUT2D eigenvalue weighted by Gasteiger charge is 2.19. The van der Waals surface area contributed by atoms with Gasteiger partial charge in [-0.3, -0.25) is 4.90 Å². The minimum Gasteiger partial charge on any atom is -0.496 e. The Morgan fingerprint density at radius 3 is 2.36 bits per heavy atom. The van der Waals surface area contributed by atoms with Crippen molar-refractivity contribution in [2.45, 2.75) is 6.54 Å². The molecule has 1 aliphatic rings. The maximum absolute atomic E-state index is 13.8. The average molecular weight is 300 g/mol. The van der Waals surface area contributed by atoms with Gasteiger partial charge < -0.3 is 9.64 Å². The summed E-state index contributed by atoms with van der Waals surface area (Å²) < 4.78 is 19.3. The first-order chi connectivity index (χ1) is 10.8. The van der Waals surface area contributed by atoms with Crippen molar-refractivity contribution in [3.63, 3.8) is 0 Å². The summed E-state index contributed by atoms with van der Waals surface area (Å²) in [6.45, 7) is 4.40. The molecule has 2 aromatic carbocycles. The third-order valence-corrected chi connectivity index (χ3v) is 4.15. The Bertz CT molecular complexity index is 624. The number of ether oxygens (including phenoxy) is 1. The Morgan fingerprint density at radius 1 is 0.955 bits per heavy atom. The van der Waals surface area contributed by atoms with Crippen molar-refractivity contribution in [2.75, 3.05) is 38.2 Å². The van der Waals surface area contributed by atoms with Crippen LogP contribution in [0.25, 0.3) is 0 Å². The second kappa shape index (κ2) is 6.79. The molecule has 2 aromatic rings. The van der Waals surface area contributed by atoms with Gasteiger partial charge in [-0.05, 0) is 18.2 Å². The Hall–Kier alpha value is -2.07. The number of nitrogens with zero attached hydrogens (tertiary/aromatic N) is 2. The molecule has 1 saturated heterocycles. The Kier molecular flexibility index (Phi) is 4.59. The van der Waals surface area contributed by atoms with E-state index >= 15 is 0 Å². The first-order valence-corrected chi connectivity index (χ1v) is 7.61. The van der Waals surface area contributed by atoms with Gasteiger partial charge in [0.1, 0.15) is 11.6 Å². The summed E-state index contributed by atoms with van der Waals surface area (Å²) in [5.74, 6) is 0.791. The number of piperazine rings is 1. The summed E-state index contributed by atoms with van der Waals surface area (Å²) in [6.07, 6.45) is 0. The van der Waals surface area contributed by atoms with E-state index in [1.165, 1.54) is 11.6 Å². The number of benzene rings is 2. The molecule has 4 heteroatoms. The lowest BCUT2D eigenvalue weighted by atomic mass is 10.1. The summed E-state index contributed by atoms with van der Waals surface area (Å²) >= 11 is 0. The lowest BCUT2D eigenvalue weighted by molar-refractivity contribution is 0.245. The van der Waals surface area contributed by atoms with Crippen molar-refractivity contribution in [3.05, 3.63) is 59.9 Å². The fourth-order valence-electron chi connectivity index (χ4n) is 2.93. The van der Waals surface area contributed by atoms with Crippen LogP contribution < -0.4 is 9.64 Å². The lowest BCUT2D eigenvalue weighted by Crippen LogP contribution is -2.46. The van der Waals surface area contributed by atoms with Crippen LogP contribution in [0.1, 0.15) is 5.56 Å². The van der Waals surface area contributed by atoms with Crippen molar-refractivity contribution < 1.29 is 9.13 Å². The molecule has 3 nitrogen and oxygen atoms in total. The van der Waals surface area contributed by atoms with Crippen LogP contribution in [0.2, 0.25) is 0 Å². The number of halogens is 1. The van der Waals surface area contributed by atoms with Gasteiger partial charge in [0, 0.05) is 38.3 Å². The van der Waals surface area contributed by atoms with Gasteiger partial charge in [-0.15, -0.1) is 0 Å². The van der Waals surface area contributed by atoms with E-state index in [0.29, 0.717) is 5.69 Å². The Labute approximate surface area is 130 Å². The van der Waals surface area contributed by atoms with E-state index in [1.807, 2.05) is 30.3 Å². The van der Waals surface area contributed by atoms with Crippen molar-refractivity contribution in [1.82, 2.24) is 4.90 Å². The third kappa shape index (κ3) is 3.22. The fourth-order valence-corrected chi connectivity index (χ4v) is 2.93. The van der Waals surface area contributed by atoms with Crippen LogP contribution >= 0.6 is 0 Å². The van der Waals surface area contributed by atoms with Crippen LogP contribution in [0.3, 0.4) is 0 Å². The second-order valence-electron chi connectivity index (χ2n) is 5.53. The maximum Gasteiger partial charge on any atom is 0.146 e. The highest BCUT2D eigenvalue weighted by Crippen LogP contribution is 2.23. The van der Waals surface area contributed by atoms with E-state index < -0.39 is 0 Å². The molecule has 0 N–H and O–H groups in total. The van der Waals surface area contributed by atoms with Gasteiger partial charge in [-0.2, -0.15) is 0 Å². The normalized spacial score (nSPS) is 15.8. The standard InChI is InChI=1S/C18H21FN2O/c1-22-18-9-5-2-6-15(18)14-20-10-12-21(13-11-20)17-8-4-3-7-16(17)19/h2-9H,10-14H2,1H3. The SMILES string of the molecule is COc1ccccc1CN1CCN(c2ccccc2F)CC1. The van der Waals surface area contributed by atoms with Gasteiger partial charge in [0.25, 0.3) is 0 Å². The van der Waals surface area contributed by atoms with E-state index in [4.69, 9.17) is 4.74 Å². The molecule has 0 unspecified atom stereocenters. The molecule has 116 valence electrons. The third-order valence-electron chi connectivity index (χ3n) is 4.15. The molecule has 0 aromatic heterocycles. The summed E-state index contributed by atoms with van der Waals surface area (Å²) in [5.41, 5.74) is 1.91. The van der Waals surface area contributed by atoms with E-state index in [2.05, 4.69) is 15.9 Å². The van der Waals surface area contributed by atoms with Crippen LogP contribution in [-0.4, -0.2) is 38.2 Å². The second-order valence-corrected chi connectivity index (χ2v) is 5.53. The molecule has 1 fully saturated rings. The zero-order chi connectivity index (χ0) is 15.4. The molecule has 1 heterocycles. The van der Waals surface area contributed by atoms with E-state index in [1.54, 1.807) is 13.2 Å². The molecular formula is C18H21FN2O. The molecule has 3 rings (SSSR count). The summed E-state index contributed by atoms with van der Waals surface area (Å²) in [5, 5.41) is 0. The van der Waals surface area contributed by atoms with E-state index in [-0.39, 0.29) is 5.82 Å². The van der Waals surface area contributed by atoms with Crippen LogP contribution in [0.4, 0.5) is 10.1 Å². The molecule has 0 amide bonds. The smallest absolute Gasteiger partial charge is 0.146 e. The molecule has 0 aliphatic carbocycles. The summed E-state index contributed by atoms with van der Waals surface area (Å²) in [6, 6.07) is 15.1. The number of methoxy groups -OCH3 is 1. The van der Waals surface area contributed by atoms with Crippen molar-refractivity contribution in [1.29, 1.82) is 0 Å². The monoisotopic (exact) mass is 300 g/mol. The van der Waals surface area contributed by atoms with Gasteiger partial charge in [0.05, 0.1) is 12.8 Å². The highest BCUT2D eigenvalue weighted by molar-refractivity contribution is 5.48. The molecule has 1 aliphatic heterocycles. The van der Waals surface area contributed by atoms with Gasteiger partial charge >= 0.3 is 0 Å². The van der Waals surface area contributed by atoms with Crippen LogP contribution in [0.15, 0.2) is 48.5 Å². The van der Waals surface area contributed by atoms with Crippen LogP contribution in [0.5, 0.6) is 5.75 Å². The molecule has 0 atom stereocenters. The van der Waals surface area contributed by atoms with Crippen molar-refractivity contribution in [3.8, 4) is 5.75 Å². The van der Waals surface area contributed by atoms with Gasteiger partial charge in [-0.25, -0.2) is 4.39 Å². The summed E-state index contributed by atoms with van der Waals surface area (Å²) in [7, 11) is 1.70. The van der Waals surface area contributed by atoms with Crippen molar-refractivity contribution in [2.24, 2.45) is 0 Å². The minimum atomic E-state index is -0.138. The number of hydrogen-bond donors (Lipinski definition) is 0. The molecule has 0 spiro atoms. The molecule has 0 radical (unpaired) electrons. The van der Waals surface area contributed by atoms with E-state index in [0.717, 1.165) is 38.5 Å². The highest BCUT2D eigenvalue weighted by atomic mass is 19.1. The fraction of sp³-hybridized carbons (Fsp3) is 0.333. The molecular weight excluding hydrogens is 279 g/mol. The first kappa shape index (κ1) is 14.9. The number of rotatable bonds is 4. The lowest BCUT2D eigenvalue weighted by Gasteiger charge is -2.36. The largest absolute Gasteiger partial charge is 0.496 e. The predicted octanol–water partition coefficient (Wildman–Crippen LogP) is 3.16. The number of hydrogen-bond acceptors (Lipinski definition) is 3. The average Bonchev–Trinajstić information content (AvgIpc) is 2.57. The molecule has 22 heavy (non-hydrogen) atoms.